The molecule has 119 heavy (non-hydrogen) atoms. The summed E-state index contributed by atoms with van der Waals surface area (Å²) in [5.74, 6) is -0.137. The number of carboxylic acids is 1. The van der Waals surface area contributed by atoms with Crippen LogP contribution in [0.25, 0.3) is 0 Å². The lowest BCUT2D eigenvalue weighted by Gasteiger charge is -2.18. The fraction of sp³-hybridized carbons (Fsp3) is 0.477. The first-order chi connectivity index (χ1) is 58.6. The van der Waals surface area contributed by atoms with Gasteiger partial charge in [0, 0.05) is 91.6 Å². The maximum Gasteiger partial charge on any atom is 0.303 e. The third-order valence-electron chi connectivity index (χ3n) is 14.5. The molecule has 676 valence electrons. The lowest BCUT2D eigenvalue weighted by molar-refractivity contribution is -0.137. The number of carbonyl (C=O) groups is 6. The number of rotatable bonds is 30. The van der Waals surface area contributed by atoms with Crippen molar-refractivity contribution in [2.45, 2.75) is 309 Å². The molecule has 0 spiro atoms. The molecule has 8 aromatic rings. The zero-order valence-corrected chi connectivity index (χ0v) is 81.7. The predicted octanol–water partition coefficient (Wildman–Crippen LogP) is 30.6. The van der Waals surface area contributed by atoms with Gasteiger partial charge in [-0.1, -0.05) is 422 Å². The van der Waals surface area contributed by atoms with Crippen LogP contribution >= 0.6 is 0 Å². The summed E-state index contributed by atoms with van der Waals surface area (Å²) in [5.41, 5.74) is 7.44. The van der Waals surface area contributed by atoms with E-state index in [9.17, 15) is 28.8 Å². The van der Waals surface area contributed by atoms with Crippen molar-refractivity contribution in [2.75, 3.05) is 32.8 Å². The summed E-state index contributed by atoms with van der Waals surface area (Å²) in [5, 5.41) is 29.8. The second-order valence-corrected chi connectivity index (χ2v) is 20.9. The van der Waals surface area contributed by atoms with Crippen LogP contribution in [-0.4, -0.2) is 78.9 Å². The highest BCUT2D eigenvalue weighted by molar-refractivity contribution is 5.95. The molecule has 0 bridgehead atoms. The Balaban J connectivity index is -0.000000115. The van der Waals surface area contributed by atoms with E-state index in [0.717, 1.165) is 56.8 Å². The largest absolute Gasteiger partial charge is 0.481 e. The average molecular weight is 1650 g/mol. The number of amides is 4. The molecule has 0 heterocycles. The maximum atomic E-state index is 12.2. The van der Waals surface area contributed by atoms with Gasteiger partial charge >= 0.3 is 5.97 Å². The van der Waals surface area contributed by atoms with Gasteiger partial charge in [-0.25, -0.2) is 0 Å². The van der Waals surface area contributed by atoms with Gasteiger partial charge in [-0.3, -0.25) is 24.0 Å². The van der Waals surface area contributed by atoms with E-state index in [1.165, 1.54) is 16.7 Å². The molecule has 0 aliphatic rings. The molecule has 8 aromatic carbocycles. The van der Waals surface area contributed by atoms with E-state index in [-0.39, 0.29) is 54.4 Å². The van der Waals surface area contributed by atoms with Crippen LogP contribution in [0, 0.1) is 0 Å². The smallest absolute Gasteiger partial charge is 0.303 e. The van der Waals surface area contributed by atoms with Gasteiger partial charge in [0.25, 0.3) is 23.6 Å². The van der Waals surface area contributed by atoms with Crippen molar-refractivity contribution in [3.8, 4) is 0 Å². The molecule has 0 aliphatic heterocycles. The molecular formula is C107H180N4O8. The van der Waals surface area contributed by atoms with Crippen LogP contribution in [0.15, 0.2) is 255 Å². The maximum absolute atomic E-state index is 12.2. The summed E-state index contributed by atoms with van der Waals surface area (Å²) < 4.78 is 0. The number of carbonyl (C=O) groups excluding carboxylic acids is 5. The molecule has 0 fully saturated rings. The number of aliphatic carboxylic acids is 1. The SMILES string of the molecule is C=CCCC(CNC(=O)c1ccccc1)c1ccccc1.CC.CC.CC.CC.CC.CC.CC.CC.CC.CC.CC.CC.CC.CC.CC.CC.O=C(NCC(CCCO)c1ccccc1)c1ccccc1.O=C(O)CCCC(CNC(=O)c1ccccc1)c1ccccc1.O=CCCCC(CNC(=O)c1ccccc1)c1ccccc1. The van der Waals surface area contributed by atoms with Crippen molar-refractivity contribution in [1.29, 1.82) is 0 Å². The minimum absolute atomic E-state index is 0.0184. The lowest BCUT2D eigenvalue weighted by Crippen LogP contribution is -2.28. The first kappa shape index (κ1) is 136. The van der Waals surface area contributed by atoms with E-state index < -0.39 is 5.97 Å². The van der Waals surface area contributed by atoms with Crippen molar-refractivity contribution in [1.82, 2.24) is 21.3 Å². The van der Waals surface area contributed by atoms with Crippen LogP contribution in [0.2, 0.25) is 0 Å². The van der Waals surface area contributed by atoms with Crippen molar-refractivity contribution in [2.24, 2.45) is 0 Å². The number of unbranched alkanes of at least 4 members (excludes halogenated alkanes) is 1. The molecule has 4 atom stereocenters. The number of nitrogens with one attached hydrogen (secondary N) is 4. The molecule has 0 saturated carbocycles. The number of aliphatic hydroxyl groups excluding tert-OH is 1. The Morgan fingerprint density at radius 3 is 0.647 bits per heavy atom. The summed E-state index contributed by atoms with van der Waals surface area (Å²) in [6.07, 6.45) is 10.2. The summed E-state index contributed by atoms with van der Waals surface area (Å²) in [6.45, 7) is 70.3. The Bertz CT molecular complexity index is 3180. The zero-order valence-electron chi connectivity index (χ0n) is 81.7. The molecule has 6 N–H and O–H groups in total. The van der Waals surface area contributed by atoms with Crippen molar-refractivity contribution < 1.29 is 39.0 Å². The van der Waals surface area contributed by atoms with E-state index >= 15 is 0 Å². The molecule has 4 amide bonds. The fourth-order valence-corrected chi connectivity index (χ4v) is 9.68. The van der Waals surface area contributed by atoms with Crippen LogP contribution in [0.1, 0.15) is 373 Å². The molecule has 0 saturated heterocycles. The molecule has 12 heteroatoms. The van der Waals surface area contributed by atoms with Gasteiger partial charge < -0.3 is 36.3 Å². The molecule has 12 nitrogen and oxygen atoms in total. The minimum atomic E-state index is -0.787. The molecular weight excluding hydrogens is 1470 g/mol. The normalized spacial score (nSPS) is 9.35. The van der Waals surface area contributed by atoms with E-state index in [0.29, 0.717) is 67.2 Å². The highest BCUT2D eigenvalue weighted by Gasteiger charge is 2.18. The summed E-state index contributed by atoms with van der Waals surface area (Å²) in [4.78, 5) is 69.7. The predicted molar refractivity (Wildman–Crippen MR) is 531 cm³/mol. The highest BCUT2D eigenvalue weighted by atomic mass is 16.4. The van der Waals surface area contributed by atoms with Crippen LogP contribution < -0.4 is 21.3 Å². The van der Waals surface area contributed by atoms with Crippen LogP contribution in [0.5, 0.6) is 0 Å². The number of benzene rings is 8. The quantitative estimate of drug-likeness (QED) is 0.0146. The van der Waals surface area contributed by atoms with Crippen molar-refractivity contribution in [3.05, 3.63) is 300 Å². The van der Waals surface area contributed by atoms with Gasteiger partial charge in [0.2, 0.25) is 0 Å². The van der Waals surface area contributed by atoms with Crippen molar-refractivity contribution in [3.63, 3.8) is 0 Å². The third-order valence-corrected chi connectivity index (χ3v) is 14.5. The van der Waals surface area contributed by atoms with Crippen LogP contribution in [0.3, 0.4) is 0 Å². The van der Waals surface area contributed by atoms with Gasteiger partial charge in [0.1, 0.15) is 6.29 Å². The van der Waals surface area contributed by atoms with E-state index in [1.54, 1.807) is 36.4 Å². The minimum Gasteiger partial charge on any atom is -0.481 e. The van der Waals surface area contributed by atoms with Crippen molar-refractivity contribution >= 4 is 35.9 Å². The van der Waals surface area contributed by atoms with E-state index in [2.05, 4.69) is 64.2 Å². The van der Waals surface area contributed by atoms with Gasteiger partial charge in [0.05, 0.1) is 0 Å². The number of aldehydes is 1. The Labute approximate surface area is 734 Å². The number of carboxylic acid groups (broad SMARTS) is 1. The van der Waals surface area contributed by atoms with Crippen LogP contribution in [0.4, 0.5) is 0 Å². The van der Waals surface area contributed by atoms with E-state index in [4.69, 9.17) is 10.2 Å². The Kier molecular flexibility index (Phi) is 136. The Hall–Kier alpha value is -9.52. The fourth-order valence-electron chi connectivity index (χ4n) is 9.68. The van der Waals surface area contributed by atoms with E-state index in [1.807, 2.05) is 397 Å². The zero-order chi connectivity index (χ0) is 93.9. The molecule has 0 radical (unpaired) electrons. The molecule has 0 aromatic heterocycles. The van der Waals surface area contributed by atoms with Gasteiger partial charge in [-0.2, -0.15) is 0 Å². The lowest BCUT2D eigenvalue weighted by atomic mass is 9.93. The number of hydrogen-bond acceptors (Lipinski definition) is 7. The second kappa shape index (κ2) is 119. The summed E-state index contributed by atoms with van der Waals surface area (Å²) in [6, 6.07) is 77.3. The van der Waals surface area contributed by atoms with Gasteiger partial charge in [0.15, 0.2) is 0 Å². The standard InChI is InChI=1S/C19H21NO3.C19H21NO2.C19H21NO.C18H21NO2.16C2H6/c21-18(22)13-7-12-17(15-8-3-1-4-9-15)14-20-19(23)16-10-5-2-6-11-16;21-14-8-7-13-18(16-9-3-1-4-10-16)15-20-19(22)17-11-5-2-6-12-17;1-2-3-10-18(16-11-6-4-7-12-16)15-20-19(21)17-13-8-5-9-14-17;20-13-7-12-17(15-8-3-1-4-9-15)14-19-18(21)16-10-5-2-6-11-16;16*1-2/h1-6,8-11,17H,7,12-14H2,(H,20,23)(H,21,22);1-6,9-12,14,18H,7-8,13,15H2,(H,20,22);2,4-9,11-14,18H,1,3,10,15H2,(H,20,21);1-6,8-11,17,20H,7,12-14H2,(H,19,21);16*1-2H3. The topological polar surface area (TPSA) is 191 Å². The molecule has 8 rings (SSSR count). The monoisotopic (exact) mass is 1650 g/mol. The van der Waals surface area contributed by atoms with Crippen LogP contribution in [-0.2, 0) is 9.59 Å². The number of hydrogen-bond donors (Lipinski definition) is 6. The number of allylic oxidation sites excluding steroid dienone is 1. The Morgan fingerprint density at radius 1 is 0.277 bits per heavy atom. The third kappa shape index (κ3) is 78.1. The van der Waals surface area contributed by atoms with Gasteiger partial charge in [-0.05, 0) is 122 Å². The molecule has 4 unspecified atom stereocenters. The van der Waals surface area contributed by atoms with Gasteiger partial charge in [-0.15, -0.1) is 6.58 Å². The summed E-state index contributed by atoms with van der Waals surface area (Å²) in [7, 11) is 0. The average Bonchev–Trinajstić information content (AvgIpc) is 0.894. The summed E-state index contributed by atoms with van der Waals surface area (Å²) >= 11 is 0. The highest BCUT2D eigenvalue weighted by Crippen LogP contribution is 2.25. The second-order valence-electron chi connectivity index (χ2n) is 20.9. The number of aliphatic hydroxyl groups is 1. The first-order valence-electron chi connectivity index (χ1n) is 46.0. The first-order valence-corrected chi connectivity index (χ1v) is 46.0. The Morgan fingerprint density at radius 2 is 0.462 bits per heavy atom. The molecule has 0 aliphatic carbocycles.